The van der Waals surface area contributed by atoms with E-state index < -0.39 is 19.9 Å². The molecule has 0 saturated carbocycles. The van der Waals surface area contributed by atoms with Gasteiger partial charge in [0.2, 0.25) is 10.0 Å². The van der Waals surface area contributed by atoms with Crippen LogP contribution in [-0.2, 0) is 10.0 Å². The fourth-order valence-corrected chi connectivity index (χ4v) is 7.00. The molecule has 0 spiro atoms. The van der Waals surface area contributed by atoms with Gasteiger partial charge >= 0.3 is 0 Å². The smallest absolute Gasteiger partial charge is 0.277 e. The fourth-order valence-electron chi connectivity index (χ4n) is 4.30. The molecular formula is C26H22N6O6S2. The molecule has 0 amide bonds. The molecule has 1 fully saturated rings. The van der Waals surface area contributed by atoms with E-state index in [9.17, 15) is 28.6 Å². The van der Waals surface area contributed by atoms with Gasteiger partial charge in [-0.05, 0) is 37.1 Å². The zero-order valence-corrected chi connectivity index (χ0v) is 22.5. The van der Waals surface area contributed by atoms with Crippen LogP contribution in [-0.4, -0.2) is 46.9 Å². The second-order valence-electron chi connectivity index (χ2n) is 8.84. The van der Waals surface area contributed by atoms with Gasteiger partial charge in [-0.25, -0.2) is 8.42 Å². The summed E-state index contributed by atoms with van der Waals surface area (Å²) in [5.74, 6) is 0. The van der Waals surface area contributed by atoms with Crippen molar-refractivity contribution in [3.05, 3.63) is 98.7 Å². The normalized spacial score (nSPS) is 14.1. The van der Waals surface area contributed by atoms with Crippen LogP contribution in [0.2, 0.25) is 0 Å². The first kappa shape index (κ1) is 27.2. The monoisotopic (exact) mass is 578 g/mol. The summed E-state index contributed by atoms with van der Waals surface area (Å²) in [6, 6.07) is 17.5. The van der Waals surface area contributed by atoms with Crippen LogP contribution in [0.1, 0.15) is 18.4 Å². The third kappa shape index (κ3) is 5.64. The number of nitrogens with one attached hydrogen (secondary N) is 1. The maximum Gasteiger partial charge on any atom is 0.283 e. The number of fused-ring (bicyclic) bond motifs is 1. The van der Waals surface area contributed by atoms with Gasteiger partial charge in [-0.15, -0.1) is 0 Å². The summed E-state index contributed by atoms with van der Waals surface area (Å²) >= 11 is 1.23. The zero-order chi connectivity index (χ0) is 28.3. The van der Waals surface area contributed by atoms with Crippen molar-refractivity contribution in [3.63, 3.8) is 0 Å². The van der Waals surface area contributed by atoms with Gasteiger partial charge in [0, 0.05) is 53.3 Å². The number of hydrogen-bond acceptors (Lipinski definition) is 10. The van der Waals surface area contributed by atoms with E-state index in [0.717, 1.165) is 21.9 Å². The van der Waals surface area contributed by atoms with Crippen molar-refractivity contribution >= 4 is 56.0 Å². The maximum atomic E-state index is 13.2. The largest absolute Gasteiger partial charge is 0.283 e. The highest BCUT2D eigenvalue weighted by atomic mass is 32.2. The number of rotatable bonds is 9. The molecule has 12 nitrogen and oxygen atoms in total. The van der Waals surface area contributed by atoms with Gasteiger partial charge in [0.15, 0.2) is 0 Å². The number of nitro benzene ring substituents is 2. The number of aromatic nitrogens is 1. The minimum atomic E-state index is -3.99. The Bertz CT molecular complexity index is 1750. The molecule has 1 aliphatic rings. The minimum Gasteiger partial charge on any atom is -0.277 e. The summed E-state index contributed by atoms with van der Waals surface area (Å²) in [7, 11) is -3.99. The number of benzene rings is 3. The highest BCUT2D eigenvalue weighted by molar-refractivity contribution is 7.99. The Morgan fingerprint density at radius 1 is 0.950 bits per heavy atom. The third-order valence-electron chi connectivity index (χ3n) is 6.25. The first-order valence-electron chi connectivity index (χ1n) is 12.1. The van der Waals surface area contributed by atoms with E-state index in [0.29, 0.717) is 36.4 Å². The molecule has 2 heterocycles. The fraction of sp³-hybridized carbons (Fsp3) is 0.154. The summed E-state index contributed by atoms with van der Waals surface area (Å²) in [4.78, 5) is 27.4. The van der Waals surface area contributed by atoms with E-state index in [1.807, 2.05) is 30.3 Å². The van der Waals surface area contributed by atoms with E-state index in [1.54, 1.807) is 18.3 Å². The molecule has 40 heavy (non-hydrogen) atoms. The molecule has 204 valence electrons. The van der Waals surface area contributed by atoms with E-state index in [2.05, 4.69) is 15.5 Å². The van der Waals surface area contributed by atoms with Gasteiger partial charge < -0.3 is 0 Å². The molecule has 1 aromatic heterocycles. The summed E-state index contributed by atoms with van der Waals surface area (Å²) in [5, 5.41) is 28.2. The predicted molar refractivity (Wildman–Crippen MR) is 151 cm³/mol. The quantitative estimate of drug-likeness (QED) is 0.155. The van der Waals surface area contributed by atoms with Crippen molar-refractivity contribution in [2.75, 3.05) is 18.5 Å². The van der Waals surface area contributed by atoms with E-state index >= 15 is 0 Å². The second-order valence-corrected chi connectivity index (χ2v) is 11.8. The molecule has 4 aromatic rings. The molecule has 0 bridgehead atoms. The van der Waals surface area contributed by atoms with Crippen LogP contribution in [0.3, 0.4) is 0 Å². The van der Waals surface area contributed by atoms with E-state index in [4.69, 9.17) is 0 Å². The maximum absolute atomic E-state index is 13.2. The Balaban J connectivity index is 1.41. The zero-order valence-electron chi connectivity index (χ0n) is 20.8. The number of pyridine rings is 1. The molecule has 0 radical (unpaired) electrons. The molecule has 0 unspecified atom stereocenters. The molecule has 14 heteroatoms. The van der Waals surface area contributed by atoms with Gasteiger partial charge in [-0.3, -0.25) is 30.6 Å². The number of nitrogens with zero attached hydrogens (tertiary/aromatic N) is 5. The summed E-state index contributed by atoms with van der Waals surface area (Å²) in [6.45, 7) is 0.660. The van der Waals surface area contributed by atoms with Gasteiger partial charge in [0.05, 0.1) is 32.2 Å². The molecule has 1 aliphatic heterocycles. The van der Waals surface area contributed by atoms with E-state index in [-0.39, 0.29) is 22.0 Å². The Labute approximate surface area is 233 Å². The minimum absolute atomic E-state index is 0.0545. The van der Waals surface area contributed by atoms with Crippen LogP contribution >= 0.6 is 11.8 Å². The molecule has 3 aromatic carbocycles. The van der Waals surface area contributed by atoms with E-state index in [1.165, 1.54) is 40.5 Å². The molecule has 1 saturated heterocycles. The van der Waals surface area contributed by atoms with Crippen molar-refractivity contribution < 1.29 is 18.3 Å². The van der Waals surface area contributed by atoms with Gasteiger partial charge in [0.1, 0.15) is 4.90 Å². The Morgan fingerprint density at radius 2 is 1.73 bits per heavy atom. The number of non-ortho nitro benzene ring substituents is 1. The van der Waals surface area contributed by atoms with Crippen molar-refractivity contribution in [1.82, 2.24) is 9.29 Å². The number of anilines is 1. The lowest BCUT2D eigenvalue weighted by molar-refractivity contribution is -0.387. The lowest BCUT2D eigenvalue weighted by atomic mass is 10.2. The highest BCUT2D eigenvalue weighted by Gasteiger charge is 2.31. The van der Waals surface area contributed by atoms with Gasteiger partial charge in [-0.1, -0.05) is 36.0 Å². The van der Waals surface area contributed by atoms with Gasteiger partial charge in [0.25, 0.3) is 11.4 Å². The lowest BCUT2D eigenvalue weighted by Crippen LogP contribution is -2.28. The predicted octanol–water partition coefficient (Wildman–Crippen LogP) is 5.43. The molecule has 0 aliphatic carbocycles. The first-order chi connectivity index (χ1) is 19.2. The summed E-state index contributed by atoms with van der Waals surface area (Å²) in [5.41, 5.74) is 3.33. The summed E-state index contributed by atoms with van der Waals surface area (Å²) < 4.78 is 27.6. The van der Waals surface area contributed by atoms with Crippen molar-refractivity contribution in [1.29, 1.82) is 0 Å². The lowest BCUT2D eigenvalue weighted by Gasteiger charge is -2.17. The molecule has 0 atom stereocenters. The summed E-state index contributed by atoms with van der Waals surface area (Å²) in [6.07, 6.45) is 4.40. The van der Waals surface area contributed by atoms with Crippen molar-refractivity contribution in [2.45, 2.75) is 27.5 Å². The third-order valence-corrected chi connectivity index (χ3v) is 9.31. The van der Waals surface area contributed by atoms with Crippen LogP contribution in [0.15, 0.2) is 92.7 Å². The van der Waals surface area contributed by atoms with Gasteiger partial charge in [-0.2, -0.15) is 9.41 Å². The number of hydrogen-bond donors (Lipinski definition) is 1. The number of para-hydroxylation sites is 1. The average Bonchev–Trinajstić information content (AvgIpc) is 3.50. The number of sulfonamides is 1. The average molecular weight is 579 g/mol. The van der Waals surface area contributed by atoms with Crippen LogP contribution in [0, 0.1) is 20.2 Å². The molecule has 1 N–H and O–H groups in total. The van der Waals surface area contributed by atoms with Crippen molar-refractivity contribution in [2.24, 2.45) is 5.10 Å². The Hall–Kier alpha value is -4.40. The number of hydrazone groups is 1. The first-order valence-corrected chi connectivity index (χ1v) is 14.4. The van der Waals surface area contributed by atoms with Crippen molar-refractivity contribution in [3.8, 4) is 0 Å². The Morgan fingerprint density at radius 3 is 2.48 bits per heavy atom. The van der Waals surface area contributed by atoms with Crippen LogP contribution in [0.5, 0.6) is 0 Å². The highest BCUT2D eigenvalue weighted by Crippen LogP contribution is 2.38. The standard InChI is InChI=1S/C26H22N6O6S2/c33-31(34)20-9-10-21(25(16-20)40(37,38)30-13-1-2-14-30)29-28-17-18-8-11-23(22(15-18)32(35)36)39-24-7-3-5-19-6-4-12-27-26(19)24/h3-12,15-17,29H,1-2,13-14H2/b28-17-. The Kier molecular flexibility index (Phi) is 7.73. The SMILES string of the molecule is O=[N+]([O-])c1ccc(N/N=C\c2ccc(Sc3cccc4cccnc34)c([N+](=O)[O-])c2)c(S(=O)(=O)N2CCCC2)c1. The van der Waals surface area contributed by atoms with Crippen LogP contribution in [0.4, 0.5) is 17.1 Å². The van der Waals surface area contributed by atoms with Crippen LogP contribution < -0.4 is 5.43 Å². The number of nitro groups is 2. The topological polar surface area (TPSA) is 161 Å². The molecule has 5 rings (SSSR count). The second kappa shape index (κ2) is 11.4. The van der Waals surface area contributed by atoms with Crippen LogP contribution in [0.25, 0.3) is 10.9 Å². The molecular weight excluding hydrogens is 556 g/mol.